The fourth-order valence-electron chi connectivity index (χ4n) is 6.13. The molecule has 0 unspecified atom stereocenters. The van der Waals surface area contributed by atoms with E-state index in [0.29, 0.717) is 63.5 Å². The molecule has 1 radical (unpaired) electrons. The van der Waals surface area contributed by atoms with E-state index < -0.39 is 11.4 Å². The van der Waals surface area contributed by atoms with Gasteiger partial charge in [0.25, 0.3) is 0 Å². The van der Waals surface area contributed by atoms with E-state index in [1.54, 1.807) is 30.3 Å². The molecule has 0 spiro atoms. The lowest BCUT2D eigenvalue weighted by Crippen LogP contribution is -2.27. The van der Waals surface area contributed by atoms with Gasteiger partial charge in [0.2, 0.25) is 5.75 Å². The van der Waals surface area contributed by atoms with E-state index in [1.807, 2.05) is 24.3 Å². The minimum atomic E-state index is -1.05. The lowest BCUT2D eigenvalue weighted by Gasteiger charge is -2.23. The highest BCUT2D eigenvalue weighted by molar-refractivity contribution is 5.96. The highest BCUT2D eigenvalue weighted by Crippen LogP contribution is 2.56. The quantitative estimate of drug-likeness (QED) is 0.167. The molecular formula is C36H29O10. The molecule has 0 atom stereocenters. The highest BCUT2D eigenvalue weighted by atomic mass is 16.6. The summed E-state index contributed by atoms with van der Waals surface area (Å²) < 4.78 is 39.4. The van der Waals surface area contributed by atoms with Crippen LogP contribution in [0.5, 0.6) is 28.7 Å². The van der Waals surface area contributed by atoms with Crippen molar-refractivity contribution in [1.29, 1.82) is 0 Å². The number of benzene rings is 4. The second-order valence-electron chi connectivity index (χ2n) is 11.2. The first-order chi connectivity index (χ1) is 22.3. The monoisotopic (exact) mass is 621 g/mol. The molecule has 0 aromatic heterocycles. The van der Waals surface area contributed by atoms with Gasteiger partial charge in [-0.1, -0.05) is 12.1 Å². The van der Waals surface area contributed by atoms with E-state index in [-0.39, 0.29) is 36.7 Å². The van der Waals surface area contributed by atoms with Crippen LogP contribution < -0.4 is 23.7 Å². The van der Waals surface area contributed by atoms with Crippen molar-refractivity contribution >= 4 is 17.9 Å². The third-order valence-electron chi connectivity index (χ3n) is 8.74. The Morgan fingerprint density at radius 2 is 1.30 bits per heavy atom. The number of carbonyl (C=O) groups excluding carboxylic acids is 3. The largest absolute Gasteiger partial charge is 0.493 e. The average Bonchev–Trinajstić information content (AvgIpc) is 3.71. The van der Waals surface area contributed by atoms with Gasteiger partial charge in [0.15, 0.2) is 23.0 Å². The summed E-state index contributed by atoms with van der Waals surface area (Å²) in [6.45, 7) is 0.354. The first-order valence-corrected chi connectivity index (χ1v) is 14.6. The summed E-state index contributed by atoms with van der Waals surface area (Å²) in [5.74, 6) is 0.282. The summed E-state index contributed by atoms with van der Waals surface area (Å²) in [5, 5.41) is 0. The lowest BCUT2D eigenvalue weighted by molar-refractivity contribution is -0.137. The Bertz CT molecular complexity index is 1940. The second kappa shape index (κ2) is 11.1. The Labute approximate surface area is 264 Å². The van der Waals surface area contributed by atoms with Crippen LogP contribution in [0.2, 0.25) is 0 Å². The number of hydrogen-bond acceptors (Lipinski definition) is 10. The van der Waals surface area contributed by atoms with Crippen molar-refractivity contribution in [2.75, 3.05) is 28.4 Å². The molecule has 10 heteroatoms. The number of hydrogen-bond donors (Lipinski definition) is 0. The number of carbonyl (C=O) groups is 3. The zero-order valence-electron chi connectivity index (χ0n) is 25.6. The van der Waals surface area contributed by atoms with Crippen molar-refractivity contribution in [3.63, 3.8) is 0 Å². The van der Waals surface area contributed by atoms with Crippen LogP contribution in [0.4, 0.5) is 0 Å². The Balaban J connectivity index is 1.31. The molecule has 10 nitrogen and oxygen atoms in total. The molecule has 1 fully saturated rings. The van der Waals surface area contributed by atoms with Crippen LogP contribution in [-0.4, -0.2) is 46.3 Å². The Morgan fingerprint density at radius 3 is 1.89 bits per heavy atom. The van der Waals surface area contributed by atoms with E-state index in [4.69, 9.17) is 33.2 Å². The molecule has 1 saturated carbocycles. The molecule has 2 heterocycles. The van der Waals surface area contributed by atoms with Gasteiger partial charge in [-0.2, -0.15) is 0 Å². The van der Waals surface area contributed by atoms with Gasteiger partial charge < -0.3 is 33.2 Å². The standard InChI is InChI=1S/C36H29O10/c1-40-28-10-9-24(20-6-8-26-23(14-20)18-45-34(26)38)30(32(28)43-4)46-35(39)36(11-12-36)27-15-21(16-29(41-2)31(27)42-3)19-5-7-25-22(13-19)17-44-33(25)37/h5-10,13-15H,11-12,17-18H2,1-4H3. The van der Waals surface area contributed by atoms with E-state index in [2.05, 4.69) is 6.07 Å². The smallest absolute Gasteiger partial charge is 0.338 e. The Kier molecular flexibility index (Phi) is 7.07. The number of rotatable bonds is 9. The van der Waals surface area contributed by atoms with Gasteiger partial charge in [0, 0.05) is 28.3 Å². The van der Waals surface area contributed by atoms with E-state index in [9.17, 15) is 14.4 Å². The van der Waals surface area contributed by atoms with Crippen LogP contribution >= 0.6 is 0 Å². The summed E-state index contributed by atoms with van der Waals surface area (Å²) in [4.78, 5) is 38.4. The molecule has 3 aliphatic rings. The molecule has 0 saturated heterocycles. The molecular weight excluding hydrogens is 592 g/mol. The zero-order chi connectivity index (χ0) is 32.2. The molecule has 4 aromatic carbocycles. The summed E-state index contributed by atoms with van der Waals surface area (Å²) >= 11 is 0. The fraction of sp³-hybridized carbons (Fsp3) is 0.250. The van der Waals surface area contributed by atoms with Crippen molar-refractivity contribution in [3.05, 3.63) is 88.5 Å². The predicted octanol–water partition coefficient (Wildman–Crippen LogP) is 5.83. The summed E-state index contributed by atoms with van der Waals surface area (Å²) in [6.07, 6.45) is 1.00. The molecule has 0 N–H and O–H groups in total. The maximum absolute atomic E-state index is 14.3. The third-order valence-corrected chi connectivity index (χ3v) is 8.74. The van der Waals surface area contributed by atoms with Gasteiger partial charge in [-0.3, -0.25) is 4.79 Å². The Morgan fingerprint density at radius 1 is 0.696 bits per heavy atom. The molecule has 4 aromatic rings. The first-order valence-electron chi connectivity index (χ1n) is 14.6. The molecule has 0 bridgehead atoms. The minimum absolute atomic E-state index is 0.163. The van der Waals surface area contributed by atoms with Crippen molar-refractivity contribution in [2.24, 2.45) is 0 Å². The van der Waals surface area contributed by atoms with Gasteiger partial charge in [-0.15, -0.1) is 0 Å². The number of cyclic esters (lactones) is 2. The predicted molar refractivity (Wildman–Crippen MR) is 164 cm³/mol. The third kappa shape index (κ3) is 4.60. The van der Waals surface area contributed by atoms with E-state index >= 15 is 0 Å². The second-order valence-corrected chi connectivity index (χ2v) is 11.2. The SMILES string of the molecule is COc1[c]c(-c2ccc3c(c2)COC3=O)cc(C2(C(=O)Oc3c(-c4ccc5c(c4)COC5=O)ccc(OC)c3OC)CC2)c1OC. The summed E-state index contributed by atoms with van der Waals surface area (Å²) in [5.41, 5.74) is 4.79. The van der Waals surface area contributed by atoms with Gasteiger partial charge in [0.1, 0.15) is 13.2 Å². The van der Waals surface area contributed by atoms with Crippen molar-refractivity contribution < 1.29 is 47.5 Å². The normalized spacial score (nSPS) is 15.3. The number of ether oxygens (including phenoxy) is 7. The molecule has 1 aliphatic carbocycles. The number of methoxy groups -OCH3 is 4. The first kappa shape index (κ1) is 29.2. The van der Waals surface area contributed by atoms with E-state index in [1.165, 1.54) is 28.4 Å². The van der Waals surface area contributed by atoms with Crippen LogP contribution in [0.1, 0.15) is 50.2 Å². The minimum Gasteiger partial charge on any atom is -0.493 e. The van der Waals surface area contributed by atoms with E-state index in [0.717, 1.165) is 16.7 Å². The van der Waals surface area contributed by atoms with Crippen molar-refractivity contribution in [1.82, 2.24) is 0 Å². The van der Waals surface area contributed by atoms with Gasteiger partial charge in [-0.25, -0.2) is 9.59 Å². The van der Waals surface area contributed by atoms with Crippen LogP contribution in [0.25, 0.3) is 22.3 Å². The van der Waals surface area contributed by atoms with Gasteiger partial charge in [0.05, 0.1) is 45.0 Å². The molecule has 233 valence electrons. The summed E-state index contributed by atoms with van der Waals surface area (Å²) in [7, 11) is 6.01. The van der Waals surface area contributed by atoms with Crippen LogP contribution in [-0.2, 0) is 32.9 Å². The zero-order valence-corrected chi connectivity index (χ0v) is 25.6. The Hall–Kier alpha value is -5.51. The van der Waals surface area contributed by atoms with Crippen LogP contribution in [0.15, 0.2) is 54.6 Å². The molecule has 46 heavy (non-hydrogen) atoms. The van der Waals surface area contributed by atoms with Crippen molar-refractivity contribution in [2.45, 2.75) is 31.5 Å². The number of fused-ring (bicyclic) bond motifs is 2. The van der Waals surface area contributed by atoms with Crippen LogP contribution in [0.3, 0.4) is 0 Å². The number of esters is 3. The average molecular weight is 622 g/mol. The van der Waals surface area contributed by atoms with Gasteiger partial charge in [-0.05, 0) is 72.0 Å². The summed E-state index contributed by atoms with van der Waals surface area (Å²) in [6, 6.07) is 19.4. The molecule has 0 amide bonds. The van der Waals surface area contributed by atoms with Gasteiger partial charge >= 0.3 is 17.9 Å². The maximum atomic E-state index is 14.3. The molecule has 2 aliphatic heterocycles. The lowest BCUT2D eigenvalue weighted by atomic mass is 9.90. The highest BCUT2D eigenvalue weighted by Gasteiger charge is 2.55. The fourth-order valence-corrected chi connectivity index (χ4v) is 6.13. The topological polar surface area (TPSA) is 116 Å². The van der Waals surface area contributed by atoms with Crippen molar-refractivity contribution in [3.8, 4) is 51.0 Å². The van der Waals surface area contributed by atoms with Crippen LogP contribution in [0, 0.1) is 6.07 Å². The maximum Gasteiger partial charge on any atom is 0.338 e. The molecule has 7 rings (SSSR count).